The highest BCUT2D eigenvalue weighted by Crippen LogP contribution is 2.27. The molecular weight excluding hydrogens is 266 g/mol. The standard InChI is InChI=1S/C16H21N3O2/c1-3-9-17-11-12-10-14(18-19-16(12)20)13-7-5-6-8-15(13)21-4-2/h5-8,10,17H,3-4,9,11H2,1-2H3,(H,19,20). The molecule has 112 valence electrons. The first kappa shape index (κ1) is 15.3. The molecule has 0 fully saturated rings. The lowest BCUT2D eigenvalue weighted by Gasteiger charge is -2.10. The van der Waals surface area contributed by atoms with E-state index >= 15 is 0 Å². The van der Waals surface area contributed by atoms with Crippen molar-refractivity contribution in [2.24, 2.45) is 0 Å². The Morgan fingerprint density at radius 2 is 2.10 bits per heavy atom. The first-order valence-electron chi connectivity index (χ1n) is 7.27. The highest BCUT2D eigenvalue weighted by Gasteiger charge is 2.09. The van der Waals surface area contributed by atoms with Crippen molar-refractivity contribution >= 4 is 0 Å². The highest BCUT2D eigenvalue weighted by atomic mass is 16.5. The van der Waals surface area contributed by atoms with Crippen molar-refractivity contribution in [3.8, 4) is 17.0 Å². The third kappa shape index (κ3) is 3.92. The van der Waals surface area contributed by atoms with Crippen LogP contribution in [0.4, 0.5) is 0 Å². The van der Waals surface area contributed by atoms with Crippen LogP contribution in [0.25, 0.3) is 11.3 Å². The summed E-state index contributed by atoms with van der Waals surface area (Å²) in [6.45, 7) is 6.04. The van der Waals surface area contributed by atoms with Gasteiger partial charge in [0.15, 0.2) is 0 Å². The molecule has 0 spiro atoms. The number of ether oxygens (including phenoxy) is 1. The van der Waals surface area contributed by atoms with Crippen LogP contribution in [0.3, 0.4) is 0 Å². The second-order valence-corrected chi connectivity index (χ2v) is 4.71. The Balaban J connectivity index is 2.32. The average Bonchev–Trinajstić information content (AvgIpc) is 2.50. The Bertz CT molecular complexity index is 637. The van der Waals surface area contributed by atoms with Crippen LogP contribution in [0, 0.1) is 0 Å². The Morgan fingerprint density at radius 3 is 2.86 bits per heavy atom. The Kier molecular flexibility index (Phi) is 5.51. The zero-order valence-corrected chi connectivity index (χ0v) is 12.5. The number of para-hydroxylation sites is 1. The van der Waals surface area contributed by atoms with E-state index in [1.807, 2.05) is 37.3 Å². The van der Waals surface area contributed by atoms with Gasteiger partial charge in [0.1, 0.15) is 5.75 Å². The Morgan fingerprint density at radius 1 is 1.29 bits per heavy atom. The van der Waals surface area contributed by atoms with E-state index < -0.39 is 0 Å². The van der Waals surface area contributed by atoms with E-state index in [0.717, 1.165) is 24.3 Å². The summed E-state index contributed by atoms with van der Waals surface area (Å²) < 4.78 is 5.61. The summed E-state index contributed by atoms with van der Waals surface area (Å²) in [5.41, 5.74) is 2.12. The van der Waals surface area contributed by atoms with Gasteiger partial charge >= 0.3 is 0 Å². The monoisotopic (exact) mass is 287 g/mol. The van der Waals surface area contributed by atoms with Gasteiger partial charge in [-0.3, -0.25) is 4.79 Å². The zero-order chi connectivity index (χ0) is 15.1. The SMILES string of the molecule is CCCNCc1cc(-c2ccccc2OCC)n[nH]c1=O. The van der Waals surface area contributed by atoms with Crippen molar-refractivity contribution in [3.63, 3.8) is 0 Å². The molecule has 0 radical (unpaired) electrons. The van der Waals surface area contributed by atoms with E-state index in [2.05, 4.69) is 22.4 Å². The molecule has 0 saturated carbocycles. The minimum absolute atomic E-state index is 0.156. The summed E-state index contributed by atoms with van der Waals surface area (Å²) in [6.07, 6.45) is 1.03. The van der Waals surface area contributed by atoms with Gasteiger partial charge in [-0.2, -0.15) is 5.10 Å². The van der Waals surface area contributed by atoms with Gasteiger partial charge in [0.05, 0.1) is 12.3 Å². The summed E-state index contributed by atoms with van der Waals surface area (Å²) in [4.78, 5) is 11.8. The van der Waals surface area contributed by atoms with E-state index in [1.54, 1.807) is 0 Å². The van der Waals surface area contributed by atoms with E-state index in [0.29, 0.717) is 24.4 Å². The van der Waals surface area contributed by atoms with Crippen LogP contribution in [0.1, 0.15) is 25.8 Å². The minimum Gasteiger partial charge on any atom is -0.493 e. The third-order valence-corrected chi connectivity index (χ3v) is 3.09. The van der Waals surface area contributed by atoms with Gasteiger partial charge in [0, 0.05) is 17.7 Å². The number of nitrogens with one attached hydrogen (secondary N) is 2. The first-order valence-corrected chi connectivity index (χ1v) is 7.27. The molecule has 0 atom stereocenters. The van der Waals surface area contributed by atoms with Crippen molar-refractivity contribution in [3.05, 3.63) is 46.2 Å². The van der Waals surface area contributed by atoms with Gasteiger partial charge in [-0.05, 0) is 38.1 Å². The number of H-pyrrole nitrogens is 1. The molecule has 21 heavy (non-hydrogen) atoms. The minimum atomic E-state index is -0.156. The van der Waals surface area contributed by atoms with Gasteiger partial charge in [-0.1, -0.05) is 19.1 Å². The number of aromatic amines is 1. The molecule has 1 heterocycles. The number of nitrogens with zero attached hydrogens (tertiary/aromatic N) is 1. The maximum atomic E-state index is 11.8. The molecule has 2 aromatic rings. The smallest absolute Gasteiger partial charge is 0.268 e. The van der Waals surface area contributed by atoms with Crippen molar-refractivity contribution < 1.29 is 4.74 Å². The lowest BCUT2D eigenvalue weighted by atomic mass is 10.1. The van der Waals surface area contributed by atoms with Crippen molar-refractivity contribution in [1.29, 1.82) is 0 Å². The summed E-state index contributed by atoms with van der Waals surface area (Å²) in [5, 5.41) is 9.93. The Hall–Kier alpha value is -2.14. The number of benzene rings is 1. The number of aromatic nitrogens is 2. The molecule has 2 rings (SSSR count). The normalized spacial score (nSPS) is 10.6. The topological polar surface area (TPSA) is 67.0 Å². The molecule has 0 bridgehead atoms. The van der Waals surface area contributed by atoms with E-state index in [9.17, 15) is 4.79 Å². The molecule has 0 saturated heterocycles. The maximum Gasteiger partial charge on any atom is 0.268 e. The fourth-order valence-electron chi connectivity index (χ4n) is 2.07. The number of hydrogen-bond acceptors (Lipinski definition) is 4. The molecule has 5 nitrogen and oxygen atoms in total. The average molecular weight is 287 g/mol. The zero-order valence-electron chi connectivity index (χ0n) is 12.5. The van der Waals surface area contributed by atoms with Gasteiger partial charge in [0.25, 0.3) is 5.56 Å². The molecule has 0 aliphatic heterocycles. The fraction of sp³-hybridized carbons (Fsp3) is 0.375. The predicted molar refractivity (Wildman–Crippen MR) is 83.5 cm³/mol. The molecule has 2 N–H and O–H groups in total. The van der Waals surface area contributed by atoms with Crippen LogP contribution in [0.15, 0.2) is 35.1 Å². The van der Waals surface area contributed by atoms with Crippen LogP contribution < -0.4 is 15.6 Å². The van der Waals surface area contributed by atoms with Crippen LogP contribution in [0.2, 0.25) is 0 Å². The second-order valence-electron chi connectivity index (χ2n) is 4.71. The van der Waals surface area contributed by atoms with Crippen molar-refractivity contribution in [2.75, 3.05) is 13.2 Å². The van der Waals surface area contributed by atoms with Crippen LogP contribution in [0.5, 0.6) is 5.75 Å². The largest absolute Gasteiger partial charge is 0.493 e. The summed E-state index contributed by atoms with van der Waals surface area (Å²) in [6, 6.07) is 9.51. The van der Waals surface area contributed by atoms with Crippen LogP contribution in [-0.4, -0.2) is 23.3 Å². The lowest BCUT2D eigenvalue weighted by Crippen LogP contribution is -2.22. The Labute approximate surface area is 124 Å². The predicted octanol–water partition coefficient (Wildman–Crippen LogP) is 2.34. The fourth-order valence-corrected chi connectivity index (χ4v) is 2.07. The quantitative estimate of drug-likeness (QED) is 0.767. The van der Waals surface area contributed by atoms with Crippen molar-refractivity contribution in [1.82, 2.24) is 15.5 Å². The van der Waals surface area contributed by atoms with Crippen LogP contribution >= 0.6 is 0 Å². The molecule has 1 aromatic carbocycles. The third-order valence-electron chi connectivity index (χ3n) is 3.09. The summed E-state index contributed by atoms with van der Waals surface area (Å²) in [7, 11) is 0. The molecule has 5 heteroatoms. The van der Waals surface area contributed by atoms with E-state index in [-0.39, 0.29) is 5.56 Å². The van der Waals surface area contributed by atoms with Gasteiger partial charge < -0.3 is 10.1 Å². The number of hydrogen-bond donors (Lipinski definition) is 2. The number of rotatable bonds is 7. The van der Waals surface area contributed by atoms with Crippen LogP contribution in [-0.2, 0) is 6.54 Å². The molecule has 0 unspecified atom stereocenters. The summed E-state index contributed by atoms with van der Waals surface area (Å²) >= 11 is 0. The lowest BCUT2D eigenvalue weighted by molar-refractivity contribution is 0.341. The maximum absolute atomic E-state index is 11.8. The molecule has 0 amide bonds. The molecule has 1 aromatic heterocycles. The van der Waals surface area contributed by atoms with Gasteiger partial charge in [-0.25, -0.2) is 5.10 Å². The highest BCUT2D eigenvalue weighted by molar-refractivity contribution is 5.67. The first-order chi connectivity index (χ1) is 10.3. The van der Waals surface area contributed by atoms with Gasteiger partial charge in [-0.15, -0.1) is 0 Å². The van der Waals surface area contributed by atoms with E-state index in [4.69, 9.17) is 4.74 Å². The van der Waals surface area contributed by atoms with Gasteiger partial charge in [0.2, 0.25) is 0 Å². The second kappa shape index (κ2) is 7.59. The molecular formula is C16H21N3O2. The van der Waals surface area contributed by atoms with Crippen molar-refractivity contribution in [2.45, 2.75) is 26.8 Å². The molecule has 0 aliphatic carbocycles. The van der Waals surface area contributed by atoms with E-state index in [1.165, 1.54) is 0 Å². The summed E-state index contributed by atoms with van der Waals surface area (Å²) in [5.74, 6) is 0.770. The molecule has 0 aliphatic rings.